The topological polar surface area (TPSA) is 75.1 Å². The number of hydrogen-bond acceptors (Lipinski definition) is 5. The first-order valence-corrected chi connectivity index (χ1v) is 6.15. The van der Waals surface area contributed by atoms with Crippen LogP contribution in [0.2, 0.25) is 0 Å². The monoisotopic (exact) mass is 263 g/mol. The molecule has 1 unspecified atom stereocenters. The molecule has 6 heteroatoms. The summed E-state index contributed by atoms with van der Waals surface area (Å²) in [6.07, 6.45) is 1.41. The molecule has 0 aliphatic heterocycles. The second-order valence-electron chi connectivity index (χ2n) is 4.10. The molecule has 1 aromatic heterocycles. The van der Waals surface area contributed by atoms with Gasteiger partial charge in [-0.1, -0.05) is 30.3 Å². The van der Waals surface area contributed by atoms with E-state index in [0.717, 1.165) is 17.3 Å². The van der Waals surface area contributed by atoms with Crippen molar-refractivity contribution < 1.29 is 9.90 Å². The third-order valence-electron chi connectivity index (χ3n) is 2.71. The van der Waals surface area contributed by atoms with Crippen LogP contribution < -0.4 is 5.32 Å². The van der Waals surface area contributed by atoms with Gasteiger partial charge in [-0.15, -0.1) is 0 Å². The van der Waals surface area contributed by atoms with Gasteiger partial charge in [0.05, 0.1) is 30.1 Å². The van der Waals surface area contributed by atoms with Crippen LogP contribution in [-0.4, -0.2) is 26.4 Å². The maximum Gasteiger partial charge on any atom is 0.273 e. The highest BCUT2D eigenvalue weighted by molar-refractivity contribution is 6.99. The number of aliphatic hydroxyl groups excluding tert-OH is 1. The van der Waals surface area contributed by atoms with Gasteiger partial charge in [0.15, 0.2) is 5.69 Å². The van der Waals surface area contributed by atoms with Gasteiger partial charge in [0.1, 0.15) is 0 Å². The number of carbonyl (C=O) groups is 1. The number of nitrogens with one attached hydrogen (secondary N) is 1. The zero-order valence-electron chi connectivity index (χ0n) is 9.83. The Kier molecular flexibility index (Phi) is 3.69. The van der Waals surface area contributed by atoms with Gasteiger partial charge >= 0.3 is 0 Å². The van der Waals surface area contributed by atoms with Crippen molar-refractivity contribution in [3.05, 3.63) is 47.8 Å². The largest absolute Gasteiger partial charge is 0.394 e. The fourth-order valence-corrected chi connectivity index (χ4v) is 2.00. The quantitative estimate of drug-likeness (QED) is 0.868. The molecule has 1 atom stereocenters. The molecule has 2 N–H and O–H groups in total. The SMILES string of the molecule is CC(CO)(NC(=O)c1cnsn1)c1ccccc1. The summed E-state index contributed by atoms with van der Waals surface area (Å²) < 4.78 is 7.64. The molecule has 1 heterocycles. The predicted octanol–water partition coefficient (Wildman–Crippen LogP) is 1.18. The molecule has 0 saturated heterocycles. The fraction of sp³-hybridized carbons (Fsp3) is 0.250. The summed E-state index contributed by atoms with van der Waals surface area (Å²) in [6.45, 7) is 1.57. The number of aromatic nitrogens is 2. The van der Waals surface area contributed by atoms with Crippen molar-refractivity contribution in [1.29, 1.82) is 0 Å². The lowest BCUT2D eigenvalue weighted by molar-refractivity contribution is 0.0845. The zero-order chi connectivity index (χ0) is 13.0. The summed E-state index contributed by atoms with van der Waals surface area (Å²) in [4.78, 5) is 11.9. The Morgan fingerprint density at radius 2 is 2.17 bits per heavy atom. The number of hydrogen-bond donors (Lipinski definition) is 2. The maximum absolute atomic E-state index is 11.9. The molecular formula is C12H13N3O2S. The van der Waals surface area contributed by atoms with E-state index in [1.807, 2.05) is 30.3 Å². The highest BCUT2D eigenvalue weighted by Gasteiger charge is 2.28. The van der Waals surface area contributed by atoms with E-state index in [0.29, 0.717) is 0 Å². The standard InChI is InChI=1S/C12H13N3O2S/c1-12(8-16,9-5-3-2-4-6-9)14-11(17)10-7-13-18-15-10/h2-7,16H,8H2,1H3,(H,14,17). The molecule has 94 valence electrons. The molecule has 1 aromatic carbocycles. The Morgan fingerprint density at radius 3 is 2.72 bits per heavy atom. The molecule has 0 fully saturated rings. The van der Waals surface area contributed by atoms with Gasteiger partial charge in [-0.2, -0.15) is 8.75 Å². The number of amides is 1. The molecule has 18 heavy (non-hydrogen) atoms. The van der Waals surface area contributed by atoms with E-state index in [1.165, 1.54) is 6.20 Å². The van der Waals surface area contributed by atoms with Crippen LogP contribution >= 0.6 is 11.7 Å². The second kappa shape index (κ2) is 5.24. The predicted molar refractivity (Wildman–Crippen MR) is 68.3 cm³/mol. The molecule has 0 radical (unpaired) electrons. The first-order valence-electron chi connectivity index (χ1n) is 5.42. The Morgan fingerprint density at radius 1 is 1.44 bits per heavy atom. The number of nitrogens with zero attached hydrogens (tertiary/aromatic N) is 2. The van der Waals surface area contributed by atoms with Crippen LogP contribution in [0.15, 0.2) is 36.5 Å². The van der Waals surface area contributed by atoms with Crippen molar-refractivity contribution in [2.45, 2.75) is 12.5 Å². The number of aliphatic hydroxyl groups is 1. The minimum Gasteiger partial charge on any atom is -0.394 e. The summed E-state index contributed by atoms with van der Waals surface area (Å²) in [5, 5.41) is 12.3. The highest BCUT2D eigenvalue weighted by Crippen LogP contribution is 2.20. The normalized spacial score (nSPS) is 13.9. The average Bonchev–Trinajstić information content (AvgIpc) is 2.93. The van der Waals surface area contributed by atoms with Gasteiger partial charge < -0.3 is 10.4 Å². The van der Waals surface area contributed by atoms with E-state index in [9.17, 15) is 9.90 Å². The number of benzene rings is 1. The van der Waals surface area contributed by atoms with Gasteiger partial charge in [-0.25, -0.2) is 0 Å². The third-order valence-corrected chi connectivity index (χ3v) is 3.19. The third kappa shape index (κ3) is 2.55. The van der Waals surface area contributed by atoms with Gasteiger partial charge in [0.25, 0.3) is 5.91 Å². The van der Waals surface area contributed by atoms with Crippen LogP contribution in [0.25, 0.3) is 0 Å². The van der Waals surface area contributed by atoms with Crippen LogP contribution in [0.1, 0.15) is 23.0 Å². The van der Waals surface area contributed by atoms with Crippen LogP contribution in [0, 0.1) is 0 Å². The van der Waals surface area contributed by atoms with E-state index < -0.39 is 5.54 Å². The molecular weight excluding hydrogens is 250 g/mol. The lowest BCUT2D eigenvalue weighted by Crippen LogP contribution is -2.46. The van der Waals surface area contributed by atoms with E-state index in [2.05, 4.69) is 14.1 Å². The van der Waals surface area contributed by atoms with Crippen molar-refractivity contribution >= 4 is 17.6 Å². The fourth-order valence-electron chi connectivity index (χ4n) is 1.59. The molecule has 5 nitrogen and oxygen atoms in total. The molecule has 0 saturated carbocycles. The van der Waals surface area contributed by atoms with E-state index in [-0.39, 0.29) is 18.2 Å². The minimum atomic E-state index is -0.831. The van der Waals surface area contributed by atoms with E-state index >= 15 is 0 Å². The lowest BCUT2D eigenvalue weighted by Gasteiger charge is -2.28. The first-order chi connectivity index (χ1) is 8.65. The first kappa shape index (κ1) is 12.7. The molecule has 1 amide bonds. The van der Waals surface area contributed by atoms with Gasteiger partial charge in [0.2, 0.25) is 0 Å². The van der Waals surface area contributed by atoms with Crippen molar-refractivity contribution in [2.24, 2.45) is 0 Å². The van der Waals surface area contributed by atoms with Gasteiger partial charge in [0, 0.05) is 0 Å². The molecule has 2 aromatic rings. The Hall–Kier alpha value is -1.79. The summed E-state index contributed by atoms with van der Waals surface area (Å²) in [7, 11) is 0. The summed E-state index contributed by atoms with van der Waals surface area (Å²) in [5.74, 6) is -0.343. The van der Waals surface area contributed by atoms with Crippen LogP contribution in [0.3, 0.4) is 0 Å². The van der Waals surface area contributed by atoms with Crippen molar-refractivity contribution in [3.63, 3.8) is 0 Å². The zero-order valence-corrected chi connectivity index (χ0v) is 10.6. The van der Waals surface area contributed by atoms with Crippen molar-refractivity contribution in [1.82, 2.24) is 14.1 Å². The van der Waals surface area contributed by atoms with E-state index in [4.69, 9.17) is 0 Å². The van der Waals surface area contributed by atoms with Crippen LogP contribution in [-0.2, 0) is 5.54 Å². The minimum absolute atomic E-state index is 0.194. The summed E-state index contributed by atoms with van der Waals surface area (Å²) in [6, 6.07) is 9.32. The van der Waals surface area contributed by atoms with E-state index in [1.54, 1.807) is 6.92 Å². The lowest BCUT2D eigenvalue weighted by atomic mass is 9.93. The second-order valence-corrected chi connectivity index (χ2v) is 4.66. The molecule has 0 spiro atoms. The molecule has 0 aliphatic rings. The molecule has 0 aliphatic carbocycles. The number of carbonyl (C=O) groups excluding carboxylic acids is 1. The van der Waals surface area contributed by atoms with Crippen LogP contribution in [0.4, 0.5) is 0 Å². The van der Waals surface area contributed by atoms with Crippen molar-refractivity contribution in [2.75, 3.05) is 6.61 Å². The van der Waals surface area contributed by atoms with Gasteiger partial charge in [-0.05, 0) is 12.5 Å². The van der Waals surface area contributed by atoms with Gasteiger partial charge in [-0.3, -0.25) is 4.79 Å². The molecule has 0 bridgehead atoms. The highest BCUT2D eigenvalue weighted by atomic mass is 32.1. The Labute approximate surface area is 109 Å². The van der Waals surface area contributed by atoms with Crippen molar-refractivity contribution in [3.8, 4) is 0 Å². The smallest absolute Gasteiger partial charge is 0.273 e. The number of rotatable bonds is 4. The summed E-state index contributed by atoms with van der Waals surface area (Å²) >= 11 is 0.974. The Bertz CT molecular complexity index is 515. The van der Waals surface area contributed by atoms with Crippen LogP contribution in [0.5, 0.6) is 0 Å². The maximum atomic E-state index is 11.9. The molecule has 2 rings (SSSR count). The average molecular weight is 263 g/mol. The summed E-state index contributed by atoms with van der Waals surface area (Å²) in [5.41, 5.74) is 0.266. The Balaban J connectivity index is 2.21.